The second-order valence-corrected chi connectivity index (χ2v) is 7.70. The standard InChI is InChI=1S/C17H38N2/c1-10-17(11-2,12-18-14(3)4)13-19(9)15(5)16(6,7)8/h14-15,18H,10-13H2,1-9H3. The van der Waals surface area contributed by atoms with Crippen molar-refractivity contribution in [2.24, 2.45) is 10.8 Å². The maximum Gasteiger partial charge on any atom is 0.0113 e. The van der Waals surface area contributed by atoms with E-state index in [9.17, 15) is 0 Å². The molecule has 0 saturated carbocycles. The van der Waals surface area contributed by atoms with Crippen molar-refractivity contribution in [1.29, 1.82) is 0 Å². The third-order valence-electron chi connectivity index (χ3n) is 4.88. The molecule has 0 spiro atoms. The second kappa shape index (κ2) is 7.64. The highest BCUT2D eigenvalue weighted by molar-refractivity contribution is 4.86. The third kappa shape index (κ3) is 6.27. The van der Waals surface area contributed by atoms with Crippen LogP contribution in [0.3, 0.4) is 0 Å². The Morgan fingerprint density at radius 1 is 1.00 bits per heavy atom. The summed E-state index contributed by atoms with van der Waals surface area (Å²) in [5.74, 6) is 0. The Hall–Kier alpha value is -0.0800. The first-order chi connectivity index (χ1) is 8.58. The Morgan fingerprint density at radius 2 is 1.47 bits per heavy atom. The van der Waals surface area contributed by atoms with Gasteiger partial charge in [-0.25, -0.2) is 0 Å². The first-order valence-corrected chi connectivity index (χ1v) is 8.01. The van der Waals surface area contributed by atoms with Crippen LogP contribution in [0.2, 0.25) is 0 Å². The van der Waals surface area contributed by atoms with Crippen molar-refractivity contribution in [2.45, 2.75) is 80.3 Å². The highest BCUT2D eigenvalue weighted by Crippen LogP contribution is 2.30. The molecule has 0 amide bonds. The maximum absolute atomic E-state index is 3.64. The van der Waals surface area contributed by atoms with Crippen molar-refractivity contribution in [2.75, 3.05) is 20.1 Å². The summed E-state index contributed by atoms with van der Waals surface area (Å²) in [6.45, 7) is 20.8. The highest BCUT2D eigenvalue weighted by atomic mass is 15.1. The molecule has 2 nitrogen and oxygen atoms in total. The van der Waals surface area contributed by atoms with Crippen molar-refractivity contribution in [3.63, 3.8) is 0 Å². The molecular formula is C17H38N2. The molecular weight excluding hydrogens is 232 g/mol. The van der Waals surface area contributed by atoms with Gasteiger partial charge in [0.25, 0.3) is 0 Å². The average Bonchev–Trinajstić information content (AvgIpc) is 2.32. The van der Waals surface area contributed by atoms with Crippen LogP contribution in [-0.4, -0.2) is 37.1 Å². The van der Waals surface area contributed by atoms with Gasteiger partial charge in [-0.05, 0) is 37.6 Å². The number of hydrogen-bond donors (Lipinski definition) is 1. The zero-order valence-corrected chi connectivity index (χ0v) is 14.9. The molecule has 0 aromatic heterocycles. The smallest absolute Gasteiger partial charge is 0.0113 e. The first kappa shape index (κ1) is 18.9. The molecule has 2 heteroatoms. The summed E-state index contributed by atoms with van der Waals surface area (Å²) < 4.78 is 0. The van der Waals surface area contributed by atoms with Crippen LogP contribution in [-0.2, 0) is 0 Å². The molecule has 0 rings (SSSR count). The molecule has 0 radical (unpaired) electrons. The molecule has 1 atom stereocenters. The Bertz CT molecular complexity index is 236. The van der Waals surface area contributed by atoms with Crippen molar-refractivity contribution in [3.8, 4) is 0 Å². The molecule has 0 heterocycles. The molecule has 0 aliphatic carbocycles. The fourth-order valence-electron chi connectivity index (χ4n) is 2.53. The predicted octanol–water partition coefficient (Wildman–Crippen LogP) is 4.16. The van der Waals surface area contributed by atoms with Gasteiger partial charge >= 0.3 is 0 Å². The van der Waals surface area contributed by atoms with E-state index in [2.05, 4.69) is 72.7 Å². The quantitative estimate of drug-likeness (QED) is 0.712. The minimum atomic E-state index is 0.341. The van der Waals surface area contributed by atoms with E-state index < -0.39 is 0 Å². The normalized spacial score (nSPS) is 15.3. The average molecular weight is 271 g/mol. The van der Waals surface area contributed by atoms with Gasteiger partial charge in [0.05, 0.1) is 0 Å². The van der Waals surface area contributed by atoms with E-state index in [0.717, 1.165) is 6.54 Å². The number of nitrogens with zero attached hydrogens (tertiary/aromatic N) is 1. The molecule has 0 aliphatic heterocycles. The van der Waals surface area contributed by atoms with Gasteiger partial charge in [0, 0.05) is 25.2 Å². The van der Waals surface area contributed by atoms with Crippen LogP contribution in [0.1, 0.15) is 68.2 Å². The Morgan fingerprint density at radius 3 is 1.79 bits per heavy atom. The van der Waals surface area contributed by atoms with E-state index in [-0.39, 0.29) is 0 Å². The number of hydrogen-bond acceptors (Lipinski definition) is 2. The summed E-state index contributed by atoms with van der Waals surface area (Å²) in [7, 11) is 2.28. The lowest BCUT2D eigenvalue weighted by Crippen LogP contribution is -2.49. The minimum absolute atomic E-state index is 0.341. The lowest BCUT2D eigenvalue weighted by atomic mass is 9.79. The molecule has 19 heavy (non-hydrogen) atoms. The van der Waals surface area contributed by atoms with Gasteiger partial charge in [-0.15, -0.1) is 0 Å². The molecule has 1 N–H and O–H groups in total. The summed E-state index contributed by atoms with van der Waals surface area (Å²) in [6, 6.07) is 1.17. The fourth-order valence-corrected chi connectivity index (χ4v) is 2.53. The largest absolute Gasteiger partial charge is 0.314 e. The Kier molecular flexibility index (Phi) is 7.60. The number of nitrogens with one attached hydrogen (secondary N) is 1. The monoisotopic (exact) mass is 270 g/mol. The van der Waals surface area contributed by atoms with Gasteiger partial charge < -0.3 is 10.2 Å². The molecule has 0 aliphatic rings. The van der Waals surface area contributed by atoms with E-state index in [1.54, 1.807) is 0 Å². The van der Waals surface area contributed by atoms with Gasteiger partial charge in [0.2, 0.25) is 0 Å². The molecule has 0 aromatic carbocycles. The van der Waals surface area contributed by atoms with Crippen LogP contribution in [0.25, 0.3) is 0 Å². The Labute approximate surface area is 122 Å². The summed E-state index contributed by atoms with van der Waals surface area (Å²) in [5.41, 5.74) is 0.742. The number of rotatable bonds is 8. The van der Waals surface area contributed by atoms with Crippen LogP contribution in [0.15, 0.2) is 0 Å². The molecule has 0 bridgehead atoms. The first-order valence-electron chi connectivity index (χ1n) is 8.01. The van der Waals surface area contributed by atoms with E-state index in [1.165, 1.54) is 19.4 Å². The second-order valence-electron chi connectivity index (χ2n) is 7.70. The van der Waals surface area contributed by atoms with Crippen LogP contribution in [0, 0.1) is 10.8 Å². The molecule has 1 unspecified atom stereocenters. The van der Waals surface area contributed by atoms with E-state index in [4.69, 9.17) is 0 Å². The molecule has 0 saturated heterocycles. The molecule has 116 valence electrons. The van der Waals surface area contributed by atoms with Crippen molar-refractivity contribution in [3.05, 3.63) is 0 Å². The van der Waals surface area contributed by atoms with Gasteiger partial charge in [-0.2, -0.15) is 0 Å². The summed E-state index contributed by atoms with van der Waals surface area (Å²) in [4.78, 5) is 2.55. The molecule has 0 aromatic rings. The van der Waals surface area contributed by atoms with Crippen LogP contribution >= 0.6 is 0 Å². The van der Waals surface area contributed by atoms with Crippen LogP contribution in [0.5, 0.6) is 0 Å². The summed E-state index contributed by atoms with van der Waals surface area (Å²) in [6.07, 6.45) is 2.48. The van der Waals surface area contributed by atoms with Gasteiger partial charge in [0.15, 0.2) is 0 Å². The van der Waals surface area contributed by atoms with Crippen molar-refractivity contribution in [1.82, 2.24) is 10.2 Å². The topological polar surface area (TPSA) is 15.3 Å². The third-order valence-corrected chi connectivity index (χ3v) is 4.88. The van der Waals surface area contributed by atoms with Crippen LogP contribution < -0.4 is 5.32 Å². The summed E-state index contributed by atoms with van der Waals surface area (Å²) >= 11 is 0. The van der Waals surface area contributed by atoms with E-state index in [0.29, 0.717) is 22.9 Å². The van der Waals surface area contributed by atoms with Gasteiger partial charge in [-0.1, -0.05) is 48.5 Å². The van der Waals surface area contributed by atoms with Gasteiger partial charge in [0.1, 0.15) is 0 Å². The Balaban J connectivity index is 4.73. The minimum Gasteiger partial charge on any atom is -0.314 e. The maximum atomic E-state index is 3.64. The van der Waals surface area contributed by atoms with Gasteiger partial charge in [-0.3, -0.25) is 0 Å². The highest BCUT2D eigenvalue weighted by Gasteiger charge is 2.32. The van der Waals surface area contributed by atoms with Crippen molar-refractivity contribution < 1.29 is 0 Å². The SMILES string of the molecule is CCC(CC)(CNC(C)C)CN(C)C(C)C(C)(C)C. The zero-order chi connectivity index (χ0) is 15.3. The lowest BCUT2D eigenvalue weighted by Gasteiger charge is -2.42. The molecule has 0 fully saturated rings. The fraction of sp³-hybridized carbons (Fsp3) is 1.00. The van der Waals surface area contributed by atoms with Crippen LogP contribution in [0.4, 0.5) is 0 Å². The zero-order valence-electron chi connectivity index (χ0n) is 14.9. The van der Waals surface area contributed by atoms with E-state index in [1.807, 2.05) is 0 Å². The lowest BCUT2D eigenvalue weighted by molar-refractivity contribution is 0.0763. The van der Waals surface area contributed by atoms with Crippen molar-refractivity contribution >= 4 is 0 Å². The predicted molar refractivity (Wildman–Crippen MR) is 87.7 cm³/mol. The van der Waals surface area contributed by atoms with E-state index >= 15 is 0 Å². The summed E-state index contributed by atoms with van der Waals surface area (Å²) in [5, 5.41) is 3.64.